The van der Waals surface area contributed by atoms with Gasteiger partial charge in [0.05, 0.1) is 14.2 Å². The Morgan fingerprint density at radius 2 is 1.72 bits per heavy atom. The number of benzene rings is 2. The number of hydrogen-bond acceptors (Lipinski definition) is 7. The van der Waals surface area contributed by atoms with Crippen molar-refractivity contribution in [2.45, 2.75) is 20.3 Å². The van der Waals surface area contributed by atoms with Crippen molar-refractivity contribution in [3.63, 3.8) is 0 Å². The first-order valence-electron chi connectivity index (χ1n) is 8.87. The van der Waals surface area contributed by atoms with Gasteiger partial charge < -0.3 is 29.2 Å². The number of allylic oxidation sites excluding steroid dienone is 2. The summed E-state index contributed by atoms with van der Waals surface area (Å²) >= 11 is 0. The Morgan fingerprint density at radius 3 is 2.34 bits per heavy atom. The van der Waals surface area contributed by atoms with Crippen LogP contribution in [0.5, 0.6) is 28.7 Å². The molecule has 0 saturated heterocycles. The van der Waals surface area contributed by atoms with Crippen molar-refractivity contribution in [1.29, 1.82) is 0 Å². The second-order valence-electron chi connectivity index (χ2n) is 6.77. The third-order valence-corrected chi connectivity index (χ3v) is 4.53. The van der Waals surface area contributed by atoms with Crippen molar-refractivity contribution in [3.05, 3.63) is 51.7 Å². The van der Waals surface area contributed by atoms with Gasteiger partial charge in [0.15, 0.2) is 17.3 Å². The first-order chi connectivity index (χ1) is 13.8. The quantitative estimate of drug-likeness (QED) is 0.555. The molecule has 7 nitrogen and oxygen atoms in total. The molecule has 3 N–H and O–H groups in total. The van der Waals surface area contributed by atoms with Crippen molar-refractivity contribution in [2.24, 2.45) is 0 Å². The van der Waals surface area contributed by atoms with Gasteiger partial charge in [-0.1, -0.05) is 11.6 Å². The van der Waals surface area contributed by atoms with Crippen LogP contribution in [0.2, 0.25) is 0 Å². The normalized spacial score (nSPS) is 10.8. The van der Waals surface area contributed by atoms with Gasteiger partial charge in [0.25, 0.3) is 0 Å². The van der Waals surface area contributed by atoms with Crippen LogP contribution in [-0.2, 0) is 6.42 Å². The van der Waals surface area contributed by atoms with Gasteiger partial charge in [-0.25, -0.2) is 0 Å². The molecule has 0 bridgehead atoms. The maximum atomic E-state index is 13.0. The fourth-order valence-electron chi connectivity index (χ4n) is 3.07. The summed E-state index contributed by atoms with van der Waals surface area (Å²) in [6.45, 7) is 3.92. The zero-order valence-electron chi connectivity index (χ0n) is 16.6. The summed E-state index contributed by atoms with van der Waals surface area (Å²) in [5.41, 5.74) is 1.61. The predicted molar refractivity (Wildman–Crippen MR) is 109 cm³/mol. The molecule has 0 amide bonds. The van der Waals surface area contributed by atoms with Gasteiger partial charge in [-0.15, -0.1) is 0 Å². The molecule has 0 unspecified atom stereocenters. The molecule has 0 saturated carbocycles. The highest BCUT2D eigenvalue weighted by Gasteiger charge is 2.23. The molecule has 2 aromatic carbocycles. The van der Waals surface area contributed by atoms with E-state index >= 15 is 0 Å². The van der Waals surface area contributed by atoms with Crippen molar-refractivity contribution in [1.82, 2.24) is 0 Å². The van der Waals surface area contributed by atoms with Crippen LogP contribution in [0, 0.1) is 0 Å². The molecular weight excluding hydrogens is 376 g/mol. The molecule has 0 aliphatic heterocycles. The lowest BCUT2D eigenvalue weighted by molar-refractivity contribution is 0.345. The van der Waals surface area contributed by atoms with E-state index in [1.165, 1.54) is 26.4 Å². The Morgan fingerprint density at radius 1 is 1.03 bits per heavy atom. The molecule has 29 heavy (non-hydrogen) atoms. The molecule has 152 valence electrons. The van der Waals surface area contributed by atoms with E-state index in [1.807, 2.05) is 19.9 Å². The summed E-state index contributed by atoms with van der Waals surface area (Å²) in [5.74, 6) is -1.00. The lowest BCUT2D eigenvalue weighted by atomic mass is 10.0. The zero-order valence-corrected chi connectivity index (χ0v) is 16.6. The Bertz CT molecular complexity index is 1170. The number of rotatable bonds is 5. The smallest absolute Gasteiger partial charge is 0.239 e. The van der Waals surface area contributed by atoms with Gasteiger partial charge in [-0.05, 0) is 44.0 Å². The van der Waals surface area contributed by atoms with E-state index in [2.05, 4.69) is 0 Å². The Balaban J connectivity index is 2.29. The summed E-state index contributed by atoms with van der Waals surface area (Å²) in [7, 11) is 2.58. The van der Waals surface area contributed by atoms with Crippen molar-refractivity contribution >= 4 is 11.0 Å². The van der Waals surface area contributed by atoms with Crippen LogP contribution in [0.25, 0.3) is 22.3 Å². The molecule has 7 heteroatoms. The molecule has 0 aliphatic rings. The van der Waals surface area contributed by atoms with E-state index < -0.39 is 11.2 Å². The van der Waals surface area contributed by atoms with Crippen LogP contribution in [0.1, 0.15) is 19.4 Å². The molecule has 1 heterocycles. The SMILES string of the molecule is COc1c(O)cc2oc(-c3ccc(O)c(CC=C(C)C)c3)c(OC)c(=O)c2c1O. The molecule has 0 fully saturated rings. The second-order valence-corrected chi connectivity index (χ2v) is 6.77. The van der Waals surface area contributed by atoms with Crippen LogP contribution in [0.15, 0.2) is 45.1 Å². The van der Waals surface area contributed by atoms with E-state index in [1.54, 1.807) is 12.1 Å². The molecule has 0 spiro atoms. The zero-order chi connectivity index (χ0) is 21.3. The molecule has 0 aliphatic carbocycles. The Hall–Kier alpha value is -3.61. The van der Waals surface area contributed by atoms with Crippen molar-refractivity contribution in [3.8, 4) is 40.1 Å². The van der Waals surface area contributed by atoms with Gasteiger partial charge in [-0.3, -0.25) is 4.79 Å². The average Bonchev–Trinajstić information content (AvgIpc) is 2.67. The maximum Gasteiger partial charge on any atom is 0.239 e. The van der Waals surface area contributed by atoms with Gasteiger partial charge >= 0.3 is 0 Å². The molecule has 0 atom stereocenters. The van der Waals surface area contributed by atoms with E-state index in [0.717, 1.165) is 5.57 Å². The van der Waals surface area contributed by atoms with Crippen LogP contribution < -0.4 is 14.9 Å². The second kappa shape index (κ2) is 7.79. The van der Waals surface area contributed by atoms with Gasteiger partial charge in [0, 0.05) is 11.6 Å². The van der Waals surface area contributed by atoms with E-state index in [0.29, 0.717) is 17.5 Å². The first-order valence-corrected chi connectivity index (χ1v) is 8.87. The van der Waals surface area contributed by atoms with Crippen LogP contribution in [0.3, 0.4) is 0 Å². The molecular formula is C22H22O7. The number of phenolic OH excluding ortho intramolecular Hbond substituents is 3. The minimum atomic E-state index is -0.613. The summed E-state index contributed by atoms with van der Waals surface area (Å²) < 4.78 is 16.1. The van der Waals surface area contributed by atoms with Gasteiger partial charge in [0.1, 0.15) is 16.7 Å². The van der Waals surface area contributed by atoms with E-state index in [9.17, 15) is 20.1 Å². The molecule has 3 rings (SSSR count). The molecule has 3 aromatic rings. The lowest BCUT2D eigenvalue weighted by Crippen LogP contribution is -2.08. The van der Waals surface area contributed by atoms with Crippen molar-refractivity contribution in [2.75, 3.05) is 14.2 Å². The van der Waals surface area contributed by atoms with Crippen LogP contribution in [0.4, 0.5) is 0 Å². The van der Waals surface area contributed by atoms with Crippen molar-refractivity contribution < 1.29 is 29.2 Å². The standard InChI is InChI=1S/C22H22O7/c1-11(2)5-6-12-9-13(7-8-14(12)23)20-22(28-4)19(26)17-16(29-20)10-15(24)21(27-3)18(17)25/h5,7-10,23-25H,6H2,1-4H3. The number of methoxy groups -OCH3 is 2. The number of ether oxygens (including phenoxy) is 2. The average molecular weight is 398 g/mol. The topological polar surface area (TPSA) is 109 Å². The van der Waals surface area contributed by atoms with E-state index in [-0.39, 0.29) is 39.7 Å². The number of fused-ring (bicyclic) bond motifs is 1. The Labute approximate surface area is 167 Å². The minimum Gasteiger partial charge on any atom is -0.508 e. The number of aromatic hydroxyl groups is 3. The van der Waals surface area contributed by atoms with Gasteiger partial charge in [0.2, 0.25) is 16.9 Å². The third-order valence-electron chi connectivity index (χ3n) is 4.53. The van der Waals surface area contributed by atoms with E-state index in [4.69, 9.17) is 13.9 Å². The molecule has 0 radical (unpaired) electrons. The first kappa shape index (κ1) is 20.1. The highest BCUT2D eigenvalue weighted by molar-refractivity contribution is 5.91. The summed E-state index contributed by atoms with van der Waals surface area (Å²) in [6, 6.07) is 6.00. The third kappa shape index (κ3) is 3.59. The largest absolute Gasteiger partial charge is 0.508 e. The van der Waals surface area contributed by atoms with Crippen LogP contribution >= 0.6 is 0 Å². The minimum absolute atomic E-state index is 0.0273. The highest BCUT2D eigenvalue weighted by Crippen LogP contribution is 2.43. The van der Waals surface area contributed by atoms with Gasteiger partial charge in [-0.2, -0.15) is 0 Å². The monoisotopic (exact) mass is 398 g/mol. The van der Waals surface area contributed by atoms with Crippen LogP contribution in [-0.4, -0.2) is 29.5 Å². The summed E-state index contributed by atoms with van der Waals surface area (Å²) in [4.78, 5) is 13.0. The maximum absolute atomic E-state index is 13.0. The number of hydrogen-bond donors (Lipinski definition) is 3. The molecule has 1 aromatic heterocycles. The summed E-state index contributed by atoms with van der Waals surface area (Å²) in [5, 5.41) is 30.4. The fraction of sp³-hybridized carbons (Fsp3) is 0.227. The Kier molecular flexibility index (Phi) is 5.41. The lowest BCUT2D eigenvalue weighted by Gasteiger charge is -2.13. The number of phenols is 3. The highest BCUT2D eigenvalue weighted by atomic mass is 16.5. The summed E-state index contributed by atoms with van der Waals surface area (Å²) in [6.07, 6.45) is 2.47. The predicted octanol–water partition coefficient (Wildman–Crippen LogP) is 4.10. The fourth-order valence-corrected chi connectivity index (χ4v) is 3.07.